The highest BCUT2D eigenvalue weighted by atomic mass is 16.5. The van der Waals surface area contributed by atoms with Crippen LogP contribution in [0.3, 0.4) is 0 Å². The van der Waals surface area contributed by atoms with E-state index in [1.807, 2.05) is 19.1 Å². The molecule has 0 saturated carbocycles. The Labute approximate surface area is 121 Å². The van der Waals surface area contributed by atoms with Crippen molar-refractivity contribution >= 4 is 17.5 Å². The Morgan fingerprint density at radius 2 is 2.24 bits per heavy atom. The number of carbonyl (C=O) groups excluding carboxylic acids is 1. The maximum absolute atomic E-state index is 12.1. The van der Waals surface area contributed by atoms with Crippen molar-refractivity contribution in [2.75, 3.05) is 13.7 Å². The molecule has 0 aromatic carbocycles. The van der Waals surface area contributed by atoms with Gasteiger partial charge < -0.3 is 19.6 Å². The Kier molecular flexibility index (Phi) is 4.54. The van der Waals surface area contributed by atoms with Crippen LogP contribution in [0.5, 0.6) is 0 Å². The van der Waals surface area contributed by atoms with Crippen LogP contribution in [0.25, 0.3) is 5.65 Å². The lowest BCUT2D eigenvalue weighted by Crippen LogP contribution is -2.41. The van der Waals surface area contributed by atoms with Crippen molar-refractivity contribution in [2.45, 2.75) is 19.4 Å². The number of aromatic nitrogens is 2. The summed E-state index contributed by atoms with van der Waals surface area (Å²) in [7, 11) is 1.48. The number of methoxy groups -OCH3 is 1. The van der Waals surface area contributed by atoms with Crippen LogP contribution in [0, 0.1) is 6.92 Å². The van der Waals surface area contributed by atoms with Crippen molar-refractivity contribution in [3.8, 4) is 0 Å². The molecule has 0 fully saturated rings. The predicted octanol–water partition coefficient (Wildman–Crippen LogP) is 0.862. The van der Waals surface area contributed by atoms with Crippen LogP contribution in [-0.4, -0.2) is 46.1 Å². The van der Waals surface area contributed by atoms with Crippen molar-refractivity contribution in [3.63, 3.8) is 0 Å². The monoisotopic (exact) mass is 291 g/mol. The van der Waals surface area contributed by atoms with E-state index in [2.05, 4.69) is 10.3 Å². The van der Waals surface area contributed by atoms with Gasteiger partial charge in [0.2, 0.25) is 0 Å². The fourth-order valence-corrected chi connectivity index (χ4v) is 1.98. The fourth-order valence-electron chi connectivity index (χ4n) is 1.98. The molecule has 1 amide bonds. The molecule has 2 N–H and O–H groups in total. The van der Waals surface area contributed by atoms with Crippen LogP contribution in [0.15, 0.2) is 24.4 Å². The minimum atomic E-state index is -1.10. The predicted molar refractivity (Wildman–Crippen MR) is 75.3 cm³/mol. The van der Waals surface area contributed by atoms with Gasteiger partial charge in [-0.25, -0.2) is 9.78 Å². The Balaban J connectivity index is 2.17. The molecule has 1 unspecified atom stereocenters. The zero-order chi connectivity index (χ0) is 15.4. The number of amides is 1. The van der Waals surface area contributed by atoms with Gasteiger partial charge >= 0.3 is 5.97 Å². The second kappa shape index (κ2) is 6.36. The first kappa shape index (κ1) is 15.0. The number of nitrogens with zero attached hydrogens (tertiary/aromatic N) is 2. The lowest BCUT2D eigenvalue weighted by atomic mass is 10.2. The van der Waals surface area contributed by atoms with E-state index in [0.29, 0.717) is 5.65 Å². The molecule has 0 spiro atoms. The molecular weight excluding hydrogens is 274 g/mol. The fraction of sp³-hybridized carbons (Fsp3) is 0.357. The molecule has 0 aliphatic carbocycles. The van der Waals surface area contributed by atoms with Crippen LogP contribution in [0.2, 0.25) is 0 Å². The SMILES string of the molecule is COCCC(NC(=O)c1cn2c(C)cccc2n1)C(=O)O. The summed E-state index contributed by atoms with van der Waals surface area (Å²) in [6.45, 7) is 2.15. The number of ether oxygens (including phenoxy) is 1. The Bertz CT molecular complexity index is 665. The smallest absolute Gasteiger partial charge is 0.326 e. The van der Waals surface area contributed by atoms with Gasteiger partial charge in [0, 0.05) is 32.0 Å². The highest BCUT2D eigenvalue weighted by Crippen LogP contribution is 2.08. The van der Waals surface area contributed by atoms with Crippen LogP contribution in [0.1, 0.15) is 22.6 Å². The number of hydrogen-bond acceptors (Lipinski definition) is 4. The Morgan fingerprint density at radius 3 is 2.86 bits per heavy atom. The minimum absolute atomic E-state index is 0.188. The van der Waals surface area contributed by atoms with E-state index in [0.717, 1.165) is 5.69 Å². The Hall–Kier alpha value is -2.41. The van der Waals surface area contributed by atoms with Gasteiger partial charge in [0.1, 0.15) is 17.4 Å². The van der Waals surface area contributed by atoms with Gasteiger partial charge in [0.25, 0.3) is 5.91 Å². The van der Waals surface area contributed by atoms with Gasteiger partial charge in [0.05, 0.1) is 0 Å². The zero-order valence-electron chi connectivity index (χ0n) is 11.9. The number of fused-ring (bicyclic) bond motifs is 1. The third-order valence-corrected chi connectivity index (χ3v) is 3.14. The van der Waals surface area contributed by atoms with Crippen LogP contribution < -0.4 is 5.32 Å². The van der Waals surface area contributed by atoms with Crippen LogP contribution in [0.4, 0.5) is 0 Å². The van der Waals surface area contributed by atoms with Crippen molar-refractivity contribution < 1.29 is 19.4 Å². The van der Waals surface area contributed by atoms with Gasteiger partial charge in [-0.1, -0.05) is 6.07 Å². The van der Waals surface area contributed by atoms with Gasteiger partial charge in [-0.15, -0.1) is 0 Å². The molecule has 112 valence electrons. The lowest BCUT2D eigenvalue weighted by molar-refractivity contribution is -0.139. The molecule has 7 heteroatoms. The van der Waals surface area contributed by atoms with Gasteiger partial charge in [-0.2, -0.15) is 0 Å². The Morgan fingerprint density at radius 1 is 1.48 bits per heavy atom. The van der Waals surface area contributed by atoms with E-state index in [4.69, 9.17) is 9.84 Å². The summed E-state index contributed by atoms with van der Waals surface area (Å²) in [5, 5.41) is 11.5. The molecule has 7 nitrogen and oxygen atoms in total. The first-order chi connectivity index (χ1) is 10.0. The topological polar surface area (TPSA) is 92.9 Å². The maximum Gasteiger partial charge on any atom is 0.326 e. The first-order valence-electron chi connectivity index (χ1n) is 6.50. The highest BCUT2D eigenvalue weighted by molar-refractivity contribution is 5.95. The summed E-state index contributed by atoms with van der Waals surface area (Å²) in [5.74, 6) is -1.61. The van der Waals surface area contributed by atoms with E-state index < -0.39 is 17.9 Å². The molecule has 2 aromatic heterocycles. The maximum atomic E-state index is 12.1. The van der Waals surface area contributed by atoms with Gasteiger partial charge in [0.15, 0.2) is 0 Å². The van der Waals surface area contributed by atoms with Crippen LogP contribution >= 0.6 is 0 Å². The number of carboxylic acid groups (broad SMARTS) is 1. The van der Waals surface area contributed by atoms with E-state index >= 15 is 0 Å². The van der Waals surface area contributed by atoms with Crippen molar-refractivity contribution in [1.29, 1.82) is 0 Å². The third-order valence-electron chi connectivity index (χ3n) is 3.14. The molecule has 2 rings (SSSR count). The molecule has 0 aliphatic heterocycles. The number of nitrogens with one attached hydrogen (secondary N) is 1. The summed E-state index contributed by atoms with van der Waals surface area (Å²) >= 11 is 0. The number of carboxylic acids is 1. The number of rotatable bonds is 6. The van der Waals surface area contributed by atoms with Gasteiger partial charge in [-0.05, 0) is 19.1 Å². The van der Waals surface area contributed by atoms with Crippen molar-refractivity contribution in [3.05, 3.63) is 35.8 Å². The largest absolute Gasteiger partial charge is 0.480 e. The summed E-state index contributed by atoms with van der Waals surface area (Å²) in [5.41, 5.74) is 1.77. The second-order valence-corrected chi connectivity index (χ2v) is 4.67. The molecule has 2 heterocycles. The van der Waals surface area contributed by atoms with Crippen molar-refractivity contribution in [2.24, 2.45) is 0 Å². The zero-order valence-corrected chi connectivity index (χ0v) is 11.9. The number of carbonyl (C=O) groups is 2. The summed E-state index contributed by atoms with van der Waals surface area (Å²) in [4.78, 5) is 27.4. The molecule has 0 bridgehead atoms. The van der Waals surface area contributed by atoms with Crippen LogP contribution in [-0.2, 0) is 9.53 Å². The number of aryl methyl sites for hydroxylation is 1. The first-order valence-corrected chi connectivity index (χ1v) is 6.50. The molecular formula is C14H17N3O4. The highest BCUT2D eigenvalue weighted by Gasteiger charge is 2.21. The van der Waals surface area contributed by atoms with E-state index in [1.165, 1.54) is 7.11 Å². The quantitative estimate of drug-likeness (QED) is 0.823. The number of pyridine rings is 1. The molecule has 0 saturated heterocycles. The lowest BCUT2D eigenvalue weighted by Gasteiger charge is -2.12. The number of imidazole rings is 1. The number of aliphatic carboxylic acids is 1. The normalized spacial score (nSPS) is 12.3. The molecule has 21 heavy (non-hydrogen) atoms. The molecule has 1 atom stereocenters. The average molecular weight is 291 g/mol. The molecule has 0 aliphatic rings. The average Bonchev–Trinajstić information content (AvgIpc) is 2.88. The summed E-state index contributed by atoms with van der Waals surface area (Å²) in [6, 6.07) is 4.53. The second-order valence-electron chi connectivity index (χ2n) is 4.67. The standard InChI is InChI=1S/C14H17N3O4/c1-9-4-3-5-12-15-11(8-17(9)12)13(18)16-10(14(19)20)6-7-21-2/h3-5,8,10H,6-7H2,1-2H3,(H,16,18)(H,19,20). The molecule has 2 aromatic rings. The van der Waals surface area contributed by atoms with E-state index in [1.54, 1.807) is 16.7 Å². The number of hydrogen-bond donors (Lipinski definition) is 2. The third kappa shape index (κ3) is 3.38. The minimum Gasteiger partial charge on any atom is -0.480 e. The van der Waals surface area contributed by atoms with E-state index in [9.17, 15) is 9.59 Å². The van der Waals surface area contributed by atoms with Crippen molar-refractivity contribution in [1.82, 2.24) is 14.7 Å². The summed E-state index contributed by atoms with van der Waals surface area (Å²) < 4.78 is 6.62. The summed E-state index contributed by atoms with van der Waals surface area (Å²) in [6.07, 6.45) is 1.79. The van der Waals surface area contributed by atoms with E-state index in [-0.39, 0.29) is 18.7 Å². The molecule has 0 radical (unpaired) electrons. The van der Waals surface area contributed by atoms with Gasteiger partial charge in [-0.3, -0.25) is 4.79 Å².